The van der Waals surface area contributed by atoms with Crippen molar-refractivity contribution in [2.24, 2.45) is 0 Å². The molecule has 6 heteroatoms. The minimum absolute atomic E-state index is 0.240. The van der Waals surface area contributed by atoms with Crippen molar-refractivity contribution < 1.29 is 19.0 Å². The number of thiazole rings is 1. The van der Waals surface area contributed by atoms with Crippen LogP contribution in [0.25, 0.3) is 0 Å². The molecule has 0 amide bonds. The maximum absolute atomic E-state index is 13.3. The zero-order valence-corrected chi connectivity index (χ0v) is 9.41. The lowest BCUT2D eigenvalue weighted by atomic mass is 10.2. The second-order valence-corrected chi connectivity index (χ2v) is 4.14. The van der Waals surface area contributed by atoms with Crippen LogP contribution in [0.15, 0.2) is 29.8 Å². The molecular formula is C11H8FNO3S. The quantitative estimate of drug-likeness (QED) is 0.909. The Bertz CT molecular complexity index is 528. The molecule has 1 N–H and O–H groups in total. The lowest BCUT2D eigenvalue weighted by molar-refractivity contribution is 0.0692. The summed E-state index contributed by atoms with van der Waals surface area (Å²) in [5.74, 6) is -1.83. The van der Waals surface area contributed by atoms with Crippen LogP contribution in [0.4, 0.5) is 4.39 Å². The van der Waals surface area contributed by atoms with Gasteiger partial charge in [0.1, 0.15) is 23.2 Å². The van der Waals surface area contributed by atoms with Crippen molar-refractivity contribution in [3.05, 3.63) is 46.2 Å². The van der Waals surface area contributed by atoms with E-state index in [2.05, 4.69) is 4.98 Å². The summed E-state index contributed by atoms with van der Waals surface area (Å²) < 4.78 is 18.6. The van der Waals surface area contributed by atoms with Crippen LogP contribution in [0.2, 0.25) is 0 Å². The average Bonchev–Trinajstić information content (AvgIpc) is 2.78. The highest BCUT2D eigenvalue weighted by molar-refractivity contribution is 7.09. The van der Waals surface area contributed by atoms with E-state index < -0.39 is 11.8 Å². The molecule has 88 valence electrons. The number of aromatic nitrogens is 1. The van der Waals surface area contributed by atoms with Gasteiger partial charge in [0.15, 0.2) is 0 Å². The third kappa shape index (κ3) is 2.79. The zero-order valence-electron chi connectivity index (χ0n) is 8.59. The zero-order chi connectivity index (χ0) is 12.3. The largest absolute Gasteiger partial charge is 0.486 e. The molecule has 1 aromatic carbocycles. The number of halogens is 1. The van der Waals surface area contributed by atoms with E-state index in [1.54, 1.807) is 6.20 Å². The Kier molecular flexibility index (Phi) is 3.34. The fraction of sp³-hybridized carbons (Fsp3) is 0.0909. The molecule has 0 aliphatic carbocycles. The number of carbonyl (C=O) groups is 1. The summed E-state index contributed by atoms with van der Waals surface area (Å²) in [6.45, 7) is 0.240. The van der Waals surface area contributed by atoms with Crippen molar-refractivity contribution >= 4 is 17.3 Å². The van der Waals surface area contributed by atoms with Crippen molar-refractivity contribution in [1.82, 2.24) is 4.98 Å². The number of benzene rings is 1. The predicted molar refractivity (Wildman–Crippen MR) is 59.8 cm³/mol. The summed E-state index contributed by atoms with van der Waals surface area (Å²) in [5.41, 5.74) is -0.369. The molecule has 1 heterocycles. The molecule has 0 spiro atoms. The van der Waals surface area contributed by atoms with Crippen LogP contribution in [0.1, 0.15) is 15.4 Å². The number of rotatable bonds is 4. The lowest BCUT2D eigenvalue weighted by Crippen LogP contribution is -2.01. The van der Waals surface area contributed by atoms with Gasteiger partial charge in [0, 0.05) is 17.6 Å². The molecule has 0 aliphatic rings. The highest BCUT2D eigenvalue weighted by atomic mass is 32.1. The fourth-order valence-corrected chi connectivity index (χ4v) is 1.76. The maximum atomic E-state index is 13.3. The molecule has 0 bridgehead atoms. The van der Waals surface area contributed by atoms with Crippen LogP contribution in [0.3, 0.4) is 0 Å². The second kappa shape index (κ2) is 4.92. The molecule has 0 atom stereocenters. The Hall–Kier alpha value is -1.95. The molecule has 17 heavy (non-hydrogen) atoms. The first-order valence-corrected chi connectivity index (χ1v) is 5.59. The van der Waals surface area contributed by atoms with Gasteiger partial charge in [-0.05, 0) is 12.1 Å². The van der Waals surface area contributed by atoms with Crippen molar-refractivity contribution in [1.29, 1.82) is 0 Å². The van der Waals surface area contributed by atoms with Gasteiger partial charge >= 0.3 is 5.97 Å². The van der Waals surface area contributed by atoms with Crippen LogP contribution in [0.5, 0.6) is 5.75 Å². The monoisotopic (exact) mass is 253 g/mol. The number of hydrogen-bond acceptors (Lipinski definition) is 4. The first kappa shape index (κ1) is 11.5. The minimum Gasteiger partial charge on any atom is -0.486 e. The Morgan fingerprint density at radius 1 is 1.53 bits per heavy atom. The third-order valence-corrected chi connectivity index (χ3v) is 2.77. The van der Waals surface area contributed by atoms with E-state index in [0.29, 0.717) is 0 Å². The van der Waals surface area contributed by atoms with Crippen molar-refractivity contribution in [2.45, 2.75) is 6.61 Å². The van der Waals surface area contributed by atoms with Crippen LogP contribution < -0.4 is 4.74 Å². The molecule has 2 aromatic rings. The first-order valence-electron chi connectivity index (χ1n) is 4.71. The molecule has 0 aliphatic heterocycles. The Balaban J connectivity index is 2.07. The van der Waals surface area contributed by atoms with Gasteiger partial charge in [-0.15, -0.1) is 11.3 Å². The average molecular weight is 253 g/mol. The van der Waals surface area contributed by atoms with Gasteiger partial charge < -0.3 is 9.84 Å². The van der Waals surface area contributed by atoms with E-state index in [0.717, 1.165) is 11.1 Å². The first-order chi connectivity index (χ1) is 8.16. The van der Waals surface area contributed by atoms with E-state index in [1.165, 1.54) is 23.5 Å². The summed E-state index contributed by atoms with van der Waals surface area (Å²) in [7, 11) is 0. The maximum Gasteiger partial charge on any atom is 0.338 e. The SMILES string of the molecule is O=C(O)c1ccc(OCc2nccs2)cc1F. The lowest BCUT2D eigenvalue weighted by Gasteiger charge is -2.05. The normalized spacial score (nSPS) is 10.2. The molecule has 0 radical (unpaired) electrons. The molecule has 1 aromatic heterocycles. The van der Waals surface area contributed by atoms with E-state index in [1.807, 2.05) is 5.38 Å². The van der Waals surface area contributed by atoms with Gasteiger partial charge in [-0.25, -0.2) is 14.2 Å². The predicted octanol–water partition coefficient (Wildman–Crippen LogP) is 2.56. The third-order valence-electron chi connectivity index (χ3n) is 2.02. The summed E-state index contributed by atoms with van der Waals surface area (Å²) in [6.07, 6.45) is 1.65. The molecule has 0 fully saturated rings. The van der Waals surface area contributed by atoms with Crippen molar-refractivity contribution in [3.8, 4) is 5.75 Å². The number of hydrogen-bond donors (Lipinski definition) is 1. The molecular weight excluding hydrogens is 245 g/mol. The molecule has 0 saturated carbocycles. The van der Waals surface area contributed by atoms with Gasteiger partial charge in [0.05, 0.1) is 5.56 Å². The summed E-state index contributed by atoms with van der Waals surface area (Å²) in [6, 6.07) is 3.64. The van der Waals surface area contributed by atoms with Crippen molar-refractivity contribution in [2.75, 3.05) is 0 Å². The fourth-order valence-electron chi connectivity index (χ4n) is 1.23. The second-order valence-electron chi connectivity index (χ2n) is 3.16. The van der Waals surface area contributed by atoms with Gasteiger partial charge in [-0.3, -0.25) is 0 Å². The number of carboxylic acid groups (broad SMARTS) is 1. The standard InChI is InChI=1S/C11H8FNO3S/c12-9-5-7(1-2-8(9)11(14)15)16-6-10-13-3-4-17-10/h1-5H,6H2,(H,14,15). The molecule has 0 saturated heterocycles. The van der Waals surface area contributed by atoms with E-state index >= 15 is 0 Å². The van der Waals surface area contributed by atoms with Gasteiger partial charge in [0.25, 0.3) is 0 Å². The van der Waals surface area contributed by atoms with Crippen LogP contribution in [-0.2, 0) is 6.61 Å². The summed E-state index contributed by atoms with van der Waals surface area (Å²) in [4.78, 5) is 14.6. The van der Waals surface area contributed by atoms with Crippen LogP contribution in [-0.4, -0.2) is 16.1 Å². The van der Waals surface area contributed by atoms with E-state index in [4.69, 9.17) is 9.84 Å². The van der Waals surface area contributed by atoms with Crippen LogP contribution >= 0.6 is 11.3 Å². The Morgan fingerprint density at radius 3 is 2.94 bits per heavy atom. The van der Waals surface area contributed by atoms with E-state index in [-0.39, 0.29) is 17.9 Å². The smallest absolute Gasteiger partial charge is 0.338 e. The number of ether oxygens (including phenoxy) is 1. The van der Waals surface area contributed by atoms with Crippen molar-refractivity contribution in [3.63, 3.8) is 0 Å². The summed E-state index contributed by atoms with van der Waals surface area (Å²) in [5, 5.41) is 11.2. The summed E-state index contributed by atoms with van der Waals surface area (Å²) >= 11 is 1.43. The Labute approximate surface area is 100 Å². The van der Waals surface area contributed by atoms with Crippen LogP contribution in [0, 0.1) is 5.82 Å². The highest BCUT2D eigenvalue weighted by Crippen LogP contribution is 2.18. The molecule has 4 nitrogen and oxygen atoms in total. The van der Waals surface area contributed by atoms with Gasteiger partial charge in [0.2, 0.25) is 0 Å². The van der Waals surface area contributed by atoms with Gasteiger partial charge in [-0.2, -0.15) is 0 Å². The topological polar surface area (TPSA) is 59.4 Å². The number of carboxylic acids is 1. The van der Waals surface area contributed by atoms with E-state index in [9.17, 15) is 9.18 Å². The molecule has 2 rings (SSSR count). The highest BCUT2D eigenvalue weighted by Gasteiger charge is 2.10. The number of nitrogens with zero attached hydrogens (tertiary/aromatic N) is 1. The minimum atomic E-state index is -1.30. The van der Waals surface area contributed by atoms with Gasteiger partial charge in [-0.1, -0.05) is 0 Å². The number of aromatic carboxylic acids is 1. The molecule has 0 unspecified atom stereocenters. The Morgan fingerprint density at radius 2 is 2.35 bits per heavy atom.